The van der Waals surface area contributed by atoms with Crippen molar-refractivity contribution in [1.29, 1.82) is 0 Å². The van der Waals surface area contributed by atoms with Gasteiger partial charge in [0, 0.05) is 5.92 Å². The molecule has 0 aromatic heterocycles. The van der Waals surface area contributed by atoms with E-state index in [1.165, 1.54) is 21.3 Å². The monoisotopic (exact) mass is 316 g/mol. The molecule has 1 aromatic rings. The fraction of sp³-hybridized carbons (Fsp3) is 0.571. The van der Waals surface area contributed by atoms with Crippen molar-refractivity contribution in [3.63, 3.8) is 0 Å². The highest BCUT2D eigenvalue weighted by molar-refractivity contribution is 7.91. The molecule has 0 saturated carbocycles. The van der Waals surface area contributed by atoms with Crippen LogP contribution in [0.2, 0.25) is 0 Å². The molecular formula is C14H20O6S. The van der Waals surface area contributed by atoms with Gasteiger partial charge in [-0.3, -0.25) is 0 Å². The Morgan fingerprint density at radius 1 is 1.14 bits per heavy atom. The van der Waals surface area contributed by atoms with Gasteiger partial charge < -0.3 is 19.3 Å². The van der Waals surface area contributed by atoms with Crippen molar-refractivity contribution in [2.24, 2.45) is 5.92 Å². The topological polar surface area (TPSA) is 82.1 Å². The summed E-state index contributed by atoms with van der Waals surface area (Å²) in [6.07, 6.45) is -0.420. The molecule has 0 aliphatic carbocycles. The standard InChI is InChI=1S/C14H20O6S/c1-18-11-6-10(7-12(19-2)14(11)20-3)13(15)9-4-5-21(16,17)8-9/h6-7,9,13,15H,4-5,8H2,1-3H3. The Balaban J connectivity index is 2.35. The van der Waals surface area contributed by atoms with Gasteiger partial charge in [0.15, 0.2) is 21.3 Å². The highest BCUT2D eigenvalue weighted by Gasteiger charge is 2.34. The Labute approximate surface area is 124 Å². The molecule has 0 bridgehead atoms. The molecule has 1 aliphatic rings. The van der Waals surface area contributed by atoms with Crippen molar-refractivity contribution in [3.05, 3.63) is 17.7 Å². The van der Waals surface area contributed by atoms with E-state index in [4.69, 9.17) is 14.2 Å². The van der Waals surface area contributed by atoms with Gasteiger partial charge in [0.2, 0.25) is 5.75 Å². The molecule has 21 heavy (non-hydrogen) atoms. The molecule has 2 rings (SSSR count). The van der Waals surface area contributed by atoms with Crippen LogP contribution in [0.15, 0.2) is 12.1 Å². The number of rotatable bonds is 5. The Bertz CT molecular complexity index is 585. The molecular weight excluding hydrogens is 296 g/mol. The van der Waals surface area contributed by atoms with Crippen molar-refractivity contribution in [1.82, 2.24) is 0 Å². The zero-order chi connectivity index (χ0) is 15.6. The minimum atomic E-state index is -3.04. The van der Waals surface area contributed by atoms with Crippen molar-refractivity contribution in [3.8, 4) is 17.2 Å². The number of benzene rings is 1. The molecule has 1 aliphatic heterocycles. The SMILES string of the molecule is COc1cc(C(O)C2CCS(=O)(=O)C2)cc(OC)c1OC. The largest absolute Gasteiger partial charge is 0.493 e. The number of hydrogen-bond donors (Lipinski definition) is 1. The van der Waals surface area contributed by atoms with E-state index in [9.17, 15) is 13.5 Å². The summed E-state index contributed by atoms with van der Waals surface area (Å²) >= 11 is 0. The molecule has 0 radical (unpaired) electrons. The van der Waals surface area contributed by atoms with E-state index < -0.39 is 15.9 Å². The summed E-state index contributed by atoms with van der Waals surface area (Å²) < 4.78 is 38.8. The lowest BCUT2D eigenvalue weighted by atomic mass is 9.95. The number of hydrogen-bond acceptors (Lipinski definition) is 6. The van der Waals surface area contributed by atoms with Crippen molar-refractivity contribution < 1.29 is 27.7 Å². The van der Waals surface area contributed by atoms with Gasteiger partial charge in [-0.15, -0.1) is 0 Å². The average molecular weight is 316 g/mol. The molecule has 0 spiro atoms. The molecule has 6 nitrogen and oxygen atoms in total. The van der Waals surface area contributed by atoms with Crippen LogP contribution in [-0.4, -0.2) is 46.4 Å². The summed E-state index contributed by atoms with van der Waals surface area (Å²) in [7, 11) is 1.45. The highest BCUT2D eigenvalue weighted by atomic mass is 32.2. The van der Waals surface area contributed by atoms with Gasteiger partial charge in [-0.2, -0.15) is 0 Å². The normalized spacial score (nSPS) is 21.8. The third-order valence-electron chi connectivity index (χ3n) is 3.74. The van der Waals surface area contributed by atoms with E-state index in [2.05, 4.69) is 0 Å². The zero-order valence-corrected chi connectivity index (χ0v) is 13.1. The Morgan fingerprint density at radius 2 is 1.71 bits per heavy atom. The first-order chi connectivity index (χ1) is 9.91. The summed E-state index contributed by atoms with van der Waals surface area (Å²) in [4.78, 5) is 0. The van der Waals surface area contributed by atoms with E-state index in [1.807, 2.05) is 0 Å². The Hall–Kier alpha value is -1.47. The third kappa shape index (κ3) is 3.24. The molecule has 1 aromatic carbocycles. The van der Waals surface area contributed by atoms with Gasteiger partial charge in [-0.1, -0.05) is 0 Å². The molecule has 1 heterocycles. The minimum Gasteiger partial charge on any atom is -0.493 e. The van der Waals surface area contributed by atoms with Crippen LogP contribution in [0.4, 0.5) is 0 Å². The predicted molar refractivity (Wildman–Crippen MR) is 77.8 cm³/mol. The first-order valence-electron chi connectivity index (χ1n) is 6.60. The lowest BCUT2D eigenvalue weighted by molar-refractivity contribution is 0.120. The van der Waals surface area contributed by atoms with E-state index >= 15 is 0 Å². The van der Waals surface area contributed by atoms with Crippen LogP contribution in [0.1, 0.15) is 18.1 Å². The maximum Gasteiger partial charge on any atom is 0.203 e. The van der Waals surface area contributed by atoms with Gasteiger partial charge in [-0.25, -0.2) is 8.42 Å². The molecule has 2 unspecified atom stereocenters. The van der Waals surface area contributed by atoms with Gasteiger partial charge in [0.05, 0.1) is 38.9 Å². The molecule has 0 amide bonds. The van der Waals surface area contributed by atoms with Crippen molar-refractivity contribution in [2.75, 3.05) is 32.8 Å². The molecule has 1 saturated heterocycles. The average Bonchev–Trinajstić information content (AvgIpc) is 2.84. The molecule has 7 heteroatoms. The van der Waals surface area contributed by atoms with Gasteiger partial charge in [-0.05, 0) is 24.1 Å². The highest BCUT2D eigenvalue weighted by Crippen LogP contribution is 2.42. The van der Waals surface area contributed by atoms with E-state index in [0.717, 1.165) is 0 Å². The lowest BCUT2D eigenvalue weighted by Crippen LogP contribution is -2.14. The van der Waals surface area contributed by atoms with Crippen LogP contribution in [0.5, 0.6) is 17.2 Å². The predicted octanol–water partition coefficient (Wildman–Crippen LogP) is 1.18. The summed E-state index contributed by atoms with van der Waals surface area (Å²) in [5.74, 6) is 1.13. The molecule has 2 atom stereocenters. The number of ether oxygens (including phenoxy) is 3. The maximum atomic E-state index is 11.5. The Kier molecular flexibility index (Phi) is 4.63. The molecule has 118 valence electrons. The summed E-state index contributed by atoms with van der Waals surface area (Å²) in [6.45, 7) is 0. The third-order valence-corrected chi connectivity index (χ3v) is 5.54. The summed E-state index contributed by atoms with van der Waals surface area (Å²) in [6, 6.07) is 3.30. The minimum absolute atomic E-state index is 0.00479. The van der Waals surface area contributed by atoms with Crippen LogP contribution >= 0.6 is 0 Å². The van der Waals surface area contributed by atoms with Crippen LogP contribution in [0.3, 0.4) is 0 Å². The first-order valence-corrected chi connectivity index (χ1v) is 8.42. The van der Waals surface area contributed by atoms with Crippen LogP contribution in [0.25, 0.3) is 0 Å². The van der Waals surface area contributed by atoms with E-state index in [1.54, 1.807) is 12.1 Å². The fourth-order valence-corrected chi connectivity index (χ4v) is 4.45. The van der Waals surface area contributed by atoms with E-state index in [-0.39, 0.29) is 17.4 Å². The quantitative estimate of drug-likeness (QED) is 0.878. The second-order valence-electron chi connectivity index (χ2n) is 5.07. The smallest absolute Gasteiger partial charge is 0.203 e. The van der Waals surface area contributed by atoms with Crippen LogP contribution in [-0.2, 0) is 9.84 Å². The Morgan fingerprint density at radius 3 is 2.10 bits per heavy atom. The van der Waals surface area contributed by atoms with Gasteiger partial charge in [0.1, 0.15) is 0 Å². The van der Waals surface area contributed by atoms with E-state index in [0.29, 0.717) is 29.2 Å². The van der Waals surface area contributed by atoms with Crippen molar-refractivity contribution in [2.45, 2.75) is 12.5 Å². The maximum absolute atomic E-state index is 11.5. The van der Waals surface area contributed by atoms with Gasteiger partial charge >= 0.3 is 0 Å². The van der Waals surface area contributed by atoms with Crippen molar-refractivity contribution >= 4 is 9.84 Å². The second-order valence-corrected chi connectivity index (χ2v) is 7.30. The number of aliphatic hydroxyl groups is 1. The summed E-state index contributed by atoms with van der Waals surface area (Å²) in [5, 5.41) is 10.4. The van der Waals surface area contributed by atoms with Crippen LogP contribution in [0, 0.1) is 5.92 Å². The second kappa shape index (κ2) is 6.11. The number of aliphatic hydroxyl groups excluding tert-OH is 1. The number of sulfone groups is 1. The fourth-order valence-electron chi connectivity index (χ4n) is 2.62. The lowest BCUT2D eigenvalue weighted by Gasteiger charge is -2.20. The molecule has 1 fully saturated rings. The first kappa shape index (κ1) is 15.9. The number of methoxy groups -OCH3 is 3. The van der Waals surface area contributed by atoms with Gasteiger partial charge in [0.25, 0.3) is 0 Å². The molecule has 1 N–H and O–H groups in total. The summed E-state index contributed by atoms with van der Waals surface area (Å²) in [5.41, 5.74) is 0.562. The zero-order valence-electron chi connectivity index (χ0n) is 12.3. The van der Waals surface area contributed by atoms with Crippen LogP contribution < -0.4 is 14.2 Å².